The number of halogens is 1. The Balaban J connectivity index is 1.50. The summed E-state index contributed by atoms with van der Waals surface area (Å²) in [7, 11) is 0. The van der Waals surface area contributed by atoms with Crippen LogP contribution in [0, 0.1) is 5.82 Å². The highest BCUT2D eigenvalue weighted by Gasteiger charge is 2.41. The van der Waals surface area contributed by atoms with Gasteiger partial charge in [0.15, 0.2) is 0 Å². The molecule has 3 unspecified atom stereocenters. The third-order valence-corrected chi connectivity index (χ3v) is 6.09. The van der Waals surface area contributed by atoms with E-state index in [1.54, 1.807) is 6.07 Å². The van der Waals surface area contributed by atoms with Crippen molar-refractivity contribution in [2.24, 2.45) is 0 Å². The number of amides is 1. The number of piperidine rings is 1. The molecule has 0 saturated carbocycles. The molecule has 0 spiro atoms. The van der Waals surface area contributed by atoms with Crippen molar-refractivity contribution in [3.63, 3.8) is 0 Å². The van der Waals surface area contributed by atoms with Gasteiger partial charge < -0.3 is 20.4 Å². The first-order valence-electron chi connectivity index (χ1n) is 9.05. The zero-order valence-electron chi connectivity index (χ0n) is 13.7. The molecule has 0 radical (unpaired) electrons. The summed E-state index contributed by atoms with van der Waals surface area (Å²) < 4.78 is 14.2. The highest BCUT2D eigenvalue weighted by atomic mass is 19.1. The third-order valence-electron chi connectivity index (χ3n) is 6.09. The Morgan fingerprint density at radius 3 is 2.79 bits per heavy atom. The molecule has 24 heavy (non-hydrogen) atoms. The lowest BCUT2D eigenvalue weighted by atomic mass is 10.1. The fourth-order valence-electron chi connectivity index (χ4n) is 4.88. The smallest absolute Gasteiger partial charge is 0.254 e. The van der Waals surface area contributed by atoms with Gasteiger partial charge in [0.1, 0.15) is 5.82 Å². The average Bonchev–Trinajstić information content (AvgIpc) is 3.30. The molecule has 5 nitrogen and oxygen atoms in total. The molecule has 0 aromatic heterocycles. The molecule has 3 saturated heterocycles. The minimum atomic E-state index is -0.295. The van der Waals surface area contributed by atoms with Crippen LogP contribution in [0.4, 0.5) is 10.1 Å². The third kappa shape index (κ3) is 2.16. The molecule has 3 fully saturated rings. The van der Waals surface area contributed by atoms with Crippen molar-refractivity contribution in [3.05, 3.63) is 29.1 Å². The zero-order valence-corrected chi connectivity index (χ0v) is 13.7. The molecule has 0 aliphatic carbocycles. The predicted octanol–water partition coefficient (Wildman–Crippen LogP) is 1.08. The van der Waals surface area contributed by atoms with Gasteiger partial charge >= 0.3 is 0 Å². The van der Waals surface area contributed by atoms with Gasteiger partial charge in [-0.25, -0.2) is 4.39 Å². The Morgan fingerprint density at radius 2 is 2.08 bits per heavy atom. The maximum absolute atomic E-state index is 14.2. The number of benzene rings is 1. The van der Waals surface area contributed by atoms with E-state index in [-0.39, 0.29) is 17.8 Å². The molecular formula is C18H23FN4O. The average molecular weight is 330 g/mol. The number of piperazine rings is 1. The van der Waals surface area contributed by atoms with Crippen LogP contribution in [-0.2, 0) is 6.54 Å². The summed E-state index contributed by atoms with van der Waals surface area (Å²) >= 11 is 0. The van der Waals surface area contributed by atoms with Gasteiger partial charge in [-0.1, -0.05) is 0 Å². The Labute approximate surface area is 141 Å². The fraction of sp³-hybridized carbons (Fsp3) is 0.611. The summed E-state index contributed by atoms with van der Waals surface area (Å²) in [6.07, 6.45) is 3.24. The summed E-state index contributed by atoms with van der Waals surface area (Å²) in [4.78, 5) is 17.1. The van der Waals surface area contributed by atoms with E-state index in [0.29, 0.717) is 24.2 Å². The van der Waals surface area contributed by atoms with E-state index in [1.165, 1.54) is 6.07 Å². The Bertz CT molecular complexity index is 688. The number of carbonyl (C=O) groups is 1. The zero-order chi connectivity index (χ0) is 16.3. The Morgan fingerprint density at radius 1 is 1.17 bits per heavy atom. The molecule has 1 aromatic carbocycles. The normalized spacial score (nSPS) is 31.9. The van der Waals surface area contributed by atoms with E-state index < -0.39 is 0 Å². The largest absolute Gasteiger partial charge is 0.365 e. The van der Waals surface area contributed by atoms with Gasteiger partial charge in [-0.15, -0.1) is 0 Å². The molecule has 3 atom stereocenters. The van der Waals surface area contributed by atoms with Crippen molar-refractivity contribution in [2.45, 2.75) is 43.9 Å². The number of rotatable bonds is 2. The predicted molar refractivity (Wildman–Crippen MR) is 89.7 cm³/mol. The van der Waals surface area contributed by atoms with Crippen LogP contribution >= 0.6 is 0 Å². The van der Waals surface area contributed by atoms with E-state index in [2.05, 4.69) is 15.5 Å². The van der Waals surface area contributed by atoms with Gasteiger partial charge in [-0.2, -0.15) is 0 Å². The van der Waals surface area contributed by atoms with Crippen LogP contribution in [0.15, 0.2) is 12.1 Å². The van der Waals surface area contributed by atoms with Crippen LogP contribution in [0.1, 0.15) is 35.2 Å². The first-order chi connectivity index (χ1) is 11.7. The number of nitrogens with zero attached hydrogens (tertiary/aromatic N) is 2. The van der Waals surface area contributed by atoms with Crippen molar-refractivity contribution in [1.29, 1.82) is 0 Å². The number of carbonyl (C=O) groups excluding carboxylic acids is 1. The SMILES string of the molecule is O=C1c2cc(F)cc(N3CC4CC3CN4)c2CN1C1CCCNC1. The summed E-state index contributed by atoms with van der Waals surface area (Å²) in [5.74, 6) is -0.293. The number of nitrogens with one attached hydrogen (secondary N) is 2. The molecular weight excluding hydrogens is 307 g/mol. The highest BCUT2D eigenvalue weighted by Crippen LogP contribution is 2.38. The van der Waals surface area contributed by atoms with Gasteiger partial charge in [0.05, 0.1) is 0 Å². The van der Waals surface area contributed by atoms with Crippen molar-refractivity contribution in [1.82, 2.24) is 15.5 Å². The van der Waals surface area contributed by atoms with Gasteiger partial charge in [0.2, 0.25) is 0 Å². The lowest BCUT2D eigenvalue weighted by molar-refractivity contribution is 0.0674. The van der Waals surface area contributed by atoms with Crippen LogP contribution in [0.25, 0.3) is 0 Å². The highest BCUT2D eigenvalue weighted by molar-refractivity contribution is 6.00. The number of anilines is 1. The van der Waals surface area contributed by atoms with Crippen molar-refractivity contribution < 1.29 is 9.18 Å². The van der Waals surface area contributed by atoms with E-state index in [9.17, 15) is 9.18 Å². The van der Waals surface area contributed by atoms with E-state index in [1.807, 2.05) is 4.90 Å². The van der Waals surface area contributed by atoms with E-state index in [4.69, 9.17) is 0 Å². The summed E-state index contributed by atoms with van der Waals surface area (Å²) in [6, 6.07) is 4.23. The molecule has 5 rings (SSSR count). The monoisotopic (exact) mass is 330 g/mol. The van der Waals surface area contributed by atoms with E-state index >= 15 is 0 Å². The Hall–Kier alpha value is -1.66. The van der Waals surface area contributed by atoms with Crippen LogP contribution in [0.3, 0.4) is 0 Å². The Kier molecular flexibility index (Phi) is 3.31. The first kappa shape index (κ1) is 14.7. The number of hydrogen-bond donors (Lipinski definition) is 2. The number of hydrogen-bond acceptors (Lipinski definition) is 4. The van der Waals surface area contributed by atoms with Crippen LogP contribution in [0.2, 0.25) is 0 Å². The molecule has 4 heterocycles. The first-order valence-corrected chi connectivity index (χ1v) is 9.05. The molecule has 2 bridgehead atoms. The summed E-state index contributed by atoms with van der Waals surface area (Å²) in [5.41, 5.74) is 2.55. The van der Waals surface area contributed by atoms with Gasteiger partial charge in [0.25, 0.3) is 5.91 Å². The summed E-state index contributed by atoms with van der Waals surface area (Å²) in [5, 5.41) is 6.86. The van der Waals surface area contributed by atoms with Crippen LogP contribution < -0.4 is 15.5 Å². The number of fused-ring (bicyclic) bond motifs is 3. The van der Waals surface area contributed by atoms with Crippen LogP contribution in [-0.4, -0.2) is 55.1 Å². The minimum absolute atomic E-state index is 0.00179. The molecule has 4 aliphatic rings. The molecule has 2 N–H and O–H groups in total. The van der Waals surface area contributed by atoms with Gasteiger partial charge in [-0.3, -0.25) is 4.79 Å². The minimum Gasteiger partial charge on any atom is -0.365 e. The topological polar surface area (TPSA) is 47.6 Å². The second-order valence-corrected chi connectivity index (χ2v) is 7.53. The second-order valence-electron chi connectivity index (χ2n) is 7.53. The standard InChI is InChI=1S/C18H23FN4O/c19-11-4-15-16(10-23(18(15)24)13-2-1-3-20-7-13)17(5-11)22-9-12-6-14(22)8-21-12/h4-5,12-14,20-21H,1-3,6-10H2. The van der Waals surface area contributed by atoms with Crippen molar-refractivity contribution in [2.75, 3.05) is 31.1 Å². The van der Waals surface area contributed by atoms with Gasteiger partial charge in [0, 0.05) is 61.1 Å². The molecule has 1 amide bonds. The molecule has 1 aromatic rings. The molecule has 4 aliphatic heterocycles. The van der Waals surface area contributed by atoms with Gasteiger partial charge in [-0.05, 0) is 37.9 Å². The van der Waals surface area contributed by atoms with Crippen molar-refractivity contribution >= 4 is 11.6 Å². The second kappa shape index (κ2) is 5.43. The molecule has 6 heteroatoms. The lowest BCUT2D eigenvalue weighted by Gasteiger charge is -2.33. The summed E-state index contributed by atoms with van der Waals surface area (Å²) in [6.45, 7) is 4.36. The maximum atomic E-state index is 14.2. The lowest BCUT2D eigenvalue weighted by Crippen LogP contribution is -2.46. The fourth-order valence-corrected chi connectivity index (χ4v) is 4.88. The van der Waals surface area contributed by atoms with Crippen molar-refractivity contribution in [3.8, 4) is 0 Å². The van der Waals surface area contributed by atoms with Crippen LogP contribution in [0.5, 0.6) is 0 Å². The molecule has 128 valence electrons. The quantitative estimate of drug-likeness (QED) is 0.852. The maximum Gasteiger partial charge on any atom is 0.254 e. The van der Waals surface area contributed by atoms with E-state index in [0.717, 1.165) is 56.7 Å².